The Balaban J connectivity index is 1.66. The third-order valence-corrected chi connectivity index (χ3v) is 5.63. The van der Waals surface area contributed by atoms with Gasteiger partial charge in [0.25, 0.3) is 0 Å². The van der Waals surface area contributed by atoms with Crippen LogP contribution in [-0.4, -0.2) is 30.3 Å². The van der Waals surface area contributed by atoms with Crippen molar-refractivity contribution in [2.45, 2.75) is 12.8 Å². The lowest BCUT2D eigenvalue weighted by molar-refractivity contribution is 0.0937. The van der Waals surface area contributed by atoms with Crippen molar-refractivity contribution < 1.29 is 4.79 Å². The maximum absolute atomic E-state index is 12.3. The Morgan fingerprint density at radius 2 is 1.80 bits per heavy atom. The van der Waals surface area contributed by atoms with Gasteiger partial charge in [-0.05, 0) is 51.3 Å². The first-order valence-electron chi connectivity index (χ1n) is 6.79. The second-order valence-electron chi connectivity index (χ2n) is 5.07. The van der Waals surface area contributed by atoms with Gasteiger partial charge in [-0.25, -0.2) is 0 Å². The lowest BCUT2D eigenvalue weighted by atomic mass is 10.0. The number of ketones is 1. The summed E-state index contributed by atoms with van der Waals surface area (Å²) < 4.78 is 0.922. The fraction of sp³-hybridized carbons (Fsp3) is 0.312. The van der Waals surface area contributed by atoms with E-state index in [1.807, 2.05) is 11.4 Å². The molecule has 2 nitrogen and oxygen atoms in total. The highest BCUT2D eigenvalue weighted by atomic mass is 79.9. The van der Waals surface area contributed by atoms with Crippen LogP contribution in [0.4, 0.5) is 0 Å². The summed E-state index contributed by atoms with van der Waals surface area (Å²) in [6, 6.07) is 10.5. The molecule has 0 saturated carbocycles. The maximum Gasteiger partial charge on any atom is 0.187 e. The standard InChI is InChI=1S/C16H16BrNOS/c17-14-7-10-20-16(14)15(19)11-18-8-5-12-3-1-2-4-13(12)6-9-18/h1-4,7,10H,5-6,8-9,11H2. The quantitative estimate of drug-likeness (QED) is 0.785. The first kappa shape index (κ1) is 14.0. The average Bonchev–Trinajstić information content (AvgIpc) is 2.78. The summed E-state index contributed by atoms with van der Waals surface area (Å²) in [5.74, 6) is 0.220. The molecule has 1 aliphatic heterocycles. The van der Waals surface area contributed by atoms with Gasteiger partial charge in [-0.3, -0.25) is 9.69 Å². The minimum absolute atomic E-state index is 0.220. The van der Waals surface area contributed by atoms with Crippen LogP contribution in [0.1, 0.15) is 20.8 Å². The molecule has 0 spiro atoms. The molecule has 1 aromatic carbocycles. The molecule has 0 fully saturated rings. The van der Waals surface area contributed by atoms with Crippen molar-refractivity contribution in [3.05, 3.63) is 56.2 Å². The number of fused-ring (bicyclic) bond motifs is 1. The smallest absolute Gasteiger partial charge is 0.187 e. The number of carbonyl (C=O) groups excluding carboxylic acids is 1. The molecule has 0 bridgehead atoms. The van der Waals surface area contributed by atoms with Gasteiger partial charge in [0, 0.05) is 17.6 Å². The van der Waals surface area contributed by atoms with Crippen LogP contribution < -0.4 is 0 Å². The molecule has 0 amide bonds. The van der Waals surface area contributed by atoms with Crippen molar-refractivity contribution in [2.75, 3.05) is 19.6 Å². The Morgan fingerprint density at radius 1 is 1.15 bits per heavy atom. The van der Waals surface area contributed by atoms with Crippen molar-refractivity contribution in [3.63, 3.8) is 0 Å². The topological polar surface area (TPSA) is 20.3 Å². The fourth-order valence-electron chi connectivity index (χ4n) is 2.64. The highest BCUT2D eigenvalue weighted by Gasteiger charge is 2.18. The molecule has 20 heavy (non-hydrogen) atoms. The van der Waals surface area contributed by atoms with Gasteiger partial charge in [0.1, 0.15) is 0 Å². The molecule has 2 heterocycles. The van der Waals surface area contributed by atoms with Crippen LogP contribution in [0, 0.1) is 0 Å². The van der Waals surface area contributed by atoms with Gasteiger partial charge >= 0.3 is 0 Å². The van der Waals surface area contributed by atoms with Crippen LogP contribution in [0.25, 0.3) is 0 Å². The monoisotopic (exact) mass is 349 g/mol. The van der Waals surface area contributed by atoms with Crippen molar-refractivity contribution in [1.29, 1.82) is 0 Å². The molecule has 0 unspecified atom stereocenters. The van der Waals surface area contributed by atoms with E-state index in [4.69, 9.17) is 0 Å². The number of Topliss-reactive ketones (excluding diaryl/α,β-unsaturated/α-hetero) is 1. The van der Waals surface area contributed by atoms with E-state index in [1.54, 1.807) is 0 Å². The van der Waals surface area contributed by atoms with Gasteiger partial charge in [0.15, 0.2) is 5.78 Å². The molecule has 0 radical (unpaired) electrons. The lowest BCUT2D eigenvalue weighted by Crippen LogP contribution is -2.32. The lowest BCUT2D eigenvalue weighted by Gasteiger charge is -2.18. The Labute approximate surface area is 131 Å². The van der Waals surface area contributed by atoms with Crippen LogP contribution in [0.15, 0.2) is 40.2 Å². The van der Waals surface area contributed by atoms with Crippen LogP contribution >= 0.6 is 27.3 Å². The van der Waals surface area contributed by atoms with E-state index < -0.39 is 0 Å². The van der Waals surface area contributed by atoms with Crippen LogP contribution in [0.5, 0.6) is 0 Å². The molecule has 4 heteroatoms. The molecule has 104 valence electrons. The Bertz CT molecular complexity index is 595. The van der Waals surface area contributed by atoms with E-state index in [1.165, 1.54) is 22.5 Å². The summed E-state index contributed by atoms with van der Waals surface area (Å²) in [6.45, 7) is 2.45. The Kier molecular flexibility index (Phi) is 4.34. The van der Waals surface area contributed by atoms with Crippen molar-refractivity contribution in [1.82, 2.24) is 4.90 Å². The highest BCUT2D eigenvalue weighted by molar-refractivity contribution is 9.10. The predicted molar refractivity (Wildman–Crippen MR) is 86.6 cm³/mol. The molecule has 0 aliphatic carbocycles. The van der Waals surface area contributed by atoms with Crippen LogP contribution in [-0.2, 0) is 12.8 Å². The van der Waals surface area contributed by atoms with E-state index in [2.05, 4.69) is 45.1 Å². The van der Waals surface area contributed by atoms with E-state index in [9.17, 15) is 4.79 Å². The van der Waals surface area contributed by atoms with Crippen LogP contribution in [0.3, 0.4) is 0 Å². The number of nitrogens with zero attached hydrogens (tertiary/aromatic N) is 1. The number of rotatable bonds is 3. The molecule has 1 aliphatic rings. The van der Waals surface area contributed by atoms with E-state index in [0.29, 0.717) is 6.54 Å². The van der Waals surface area contributed by atoms with Crippen molar-refractivity contribution in [2.24, 2.45) is 0 Å². The summed E-state index contributed by atoms with van der Waals surface area (Å²) in [5.41, 5.74) is 2.86. The molecule has 1 aromatic heterocycles. The molecule has 0 N–H and O–H groups in total. The molecule has 0 saturated heterocycles. The minimum atomic E-state index is 0.220. The molecular formula is C16H16BrNOS. The average molecular weight is 350 g/mol. The summed E-state index contributed by atoms with van der Waals surface area (Å²) in [5, 5.41) is 1.95. The van der Waals surface area contributed by atoms with Gasteiger partial charge in [0.05, 0.1) is 11.4 Å². The molecular weight excluding hydrogens is 334 g/mol. The van der Waals surface area contributed by atoms with Crippen LogP contribution in [0.2, 0.25) is 0 Å². The number of thiophene rings is 1. The largest absolute Gasteiger partial charge is 0.295 e. The summed E-state index contributed by atoms with van der Waals surface area (Å²) >= 11 is 4.96. The normalized spacial score (nSPS) is 15.7. The molecule has 2 aromatic rings. The number of hydrogen-bond acceptors (Lipinski definition) is 3. The zero-order chi connectivity index (χ0) is 13.9. The number of benzene rings is 1. The second-order valence-corrected chi connectivity index (χ2v) is 6.84. The highest BCUT2D eigenvalue weighted by Crippen LogP contribution is 2.24. The van der Waals surface area contributed by atoms with Gasteiger partial charge in [-0.2, -0.15) is 0 Å². The molecule has 3 rings (SSSR count). The minimum Gasteiger partial charge on any atom is -0.295 e. The second kappa shape index (κ2) is 6.20. The van der Waals surface area contributed by atoms with Gasteiger partial charge in [-0.1, -0.05) is 24.3 Å². The first-order valence-corrected chi connectivity index (χ1v) is 8.46. The zero-order valence-corrected chi connectivity index (χ0v) is 13.5. The van der Waals surface area contributed by atoms with Gasteiger partial charge < -0.3 is 0 Å². The van der Waals surface area contributed by atoms with Crippen molar-refractivity contribution in [3.8, 4) is 0 Å². The Hall–Kier alpha value is -0.970. The van der Waals surface area contributed by atoms with E-state index >= 15 is 0 Å². The first-order chi connectivity index (χ1) is 9.74. The summed E-state index contributed by atoms with van der Waals surface area (Å²) in [7, 11) is 0. The van der Waals surface area contributed by atoms with E-state index in [0.717, 1.165) is 35.3 Å². The third-order valence-electron chi connectivity index (χ3n) is 3.75. The molecule has 0 atom stereocenters. The van der Waals surface area contributed by atoms with Gasteiger partial charge in [0.2, 0.25) is 0 Å². The number of hydrogen-bond donors (Lipinski definition) is 0. The number of carbonyl (C=O) groups is 1. The predicted octanol–water partition coefficient (Wildman–Crippen LogP) is 3.79. The summed E-state index contributed by atoms with van der Waals surface area (Å²) in [6.07, 6.45) is 2.07. The Morgan fingerprint density at radius 3 is 2.35 bits per heavy atom. The van der Waals surface area contributed by atoms with Crippen molar-refractivity contribution >= 4 is 33.0 Å². The SMILES string of the molecule is O=C(CN1CCc2ccccc2CC1)c1sccc1Br. The maximum atomic E-state index is 12.3. The summed E-state index contributed by atoms with van der Waals surface area (Å²) in [4.78, 5) is 15.4. The fourth-order valence-corrected chi connectivity index (χ4v) is 4.17. The van der Waals surface area contributed by atoms with Gasteiger partial charge in [-0.15, -0.1) is 11.3 Å². The number of halogens is 1. The third kappa shape index (κ3) is 3.03. The van der Waals surface area contributed by atoms with E-state index in [-0.39, 0.29) is 5.78 Å². The zero-order valence-electron chi connectivity index (χ0n) is 11.1.